The Balaban J connectivity index is 1.49. The highest BCUT2D eigenvalue weighted by molar-refractivity contribution is 5.60. The van der Waals surface area contributed by atoms with Crippen molar-refractivity contribution in [3.8, 4) is 22.8 Å². The molecule has 1 fully saturated rings. The van der Waals surface area contributed by atoms with Gasteiger partial charge < -0.3 is 14.3 Å². The number of hydrogen-bond acceptors (Lipinski definition) is 6. The summed E-state index contributed by atoms with van der Waals surface area (Å²) in [6, 6.07) is 12.1. The van der Waals surface area contributed by atoms with Gasteiger partial charge in [0.1, 0.15) is 5.82 Å². The zero-order valence-electron chi connectivity index (χ0n) is 15.2. The second-order valence-corrected chi connectivity index (χ2v) is 6.62. The van der Waals surface area contributed by atoms with Crippen molar-refractivity contribution in [2.24, 2.45) is 0 Å². The maximum atomic E-state index is 5.44. The Morgan fingerprint density at radius 1 is 1.04 bits per heavy atom. The van der Waals surface area contributed by atoms with Crippen LogP contribution in [0.2, 0.25) is 0 Å². The minimum absolute atomic E-state index is 0.497. The third-order valence-corrected chi connectivity index (χ3v) is 4.84. The van der Waals surface area contributed by atoms with Crippen LogP contribution in [-0.2, 0) is 0 Å². The summed E-state index contributed by atoms with van der Waals surface area (Å²) in [5.41, 5.74) is 2.97. The Morgan fingerprint density at radius 3 is 2.58 bits per heavy atom. The number of hydrogen-bond donors (Lipinski definition) is 0. The van der Waals surface area contributed by atoms with Crippen LogP contribution < -0.4 is 4.90 Å². The van der Waals surface area contributed by atoms with Crippen LogP contribution in [0.25, 0.3) is 22.8 Å². The maximum absolute atomic E-state index is 5.44. The van der Waals surface area contributed by atoms with E-state index in [2.05, 4.69) is 31.8 Å². The van der Waals surface area contributed by atoms with Crippen LogP contribution in [0.5, 0.6) is 0 Å². The number of likely N-dealkylation sites (N-methyl/N-ethyl adjacent to an activating group) is 1. The van der Waals surface area contributed by atoms with Crippen molar-refractivity contribution < 1.29 is 4.52 Å². The van der Waals surface area contributed by atoms with Crippen LogP contribution in [-0.4, -0.2) is 52.7 Å². The lowest BCUT2D eigenvalue weighted by Crippen LogP contribution is -2.46. The van der Waals surface area contributed by atoms with Crippen LogP contribution in [0.15, 0.2) is 47.1 Å². The van der Waals surface area contributed by atoms with Crippen molar-refractivity contribution in [1.29, 1.82) is 0 Å². The van der Waals surface area contributed by atoms with E-state index in [9.17, 15) is 0 Å². The molecule has 0 saturated carbocycles. The highest BCUT2D eigenvalue weighted by Gasteiger charge is 2.17. The summed E-state index contributed by atoms with van der Waals surface area (Å²) in [6.07, 6.45) is 1.81. The molecule has 2 aromatic heterocycles. The number of rotatable bonds is 4. The van der Waals surface area contributed by atoms with E-state index in [1.54, 1.807) is 0 Å². The standard InChI is InChI=1S/C20H23N5O/c1-3-24-9-11-25(12-10-24)18-8-7-17(14-21-18)20-22-19(23-26-20)16-6-4-5-15(2)13-16/h4-8,13-14H,3,9-12H2,1-2H3. The van der Waals surface area contributed by atoms with Crippen LogP contribution >= 0.6 is 0 Å². The topological polar surface area (TPSA) is 58.3 Å². The average molecular weight is 349 g/mol. The molecule has 1 aromatic carbocycles. The molecule has 0 spiro atoms. The summed E-state index contributed by atoms with van der Waals surface area (Å²) >= 11 is 0. The van der Waals surface area contributed by atoms with Gasteiger partial charge in [-0.2, -0.15) is 4.98 Å². The fourth-order valence-electron chi connectivity index (χ4n) is 3.23. The summed E-state index contributed by atoms with van der Waals surface area (Å²) in [5, 5.41) is 4.10. The van der Waals surface area contributed by atoms with Crippen molar-refractivity contribution in [3.05, 3.63) is 48.2 Å². The van der Waals surface area contributed by atoms with E-state index >= 15 is 0 Å². The molecule has 6 heteroatoms. The van der Waals surface area contributed by atoms with E-state index in [0.717, 1.165) is 49.7 Å². The minimum Gasteiger partial charge on any atom is -0.354 e. The molecule has 1 saturated heterocycles. The Labute approximate surface area is 153 Å². The molecule has 134 valence electrons. The Hall–Kier alpha value is -2.73. The first-order valence-corrected chi connectivity index (χ1v) is 9.07. The van der Waals surface area contributed by atoms with E-state index in [1.165, 1.54) is 5.56 Å². The smallest absolute Gasteiger partial charge is 0.259 e. The Kier molecular flexibility index (Phi) is 4.67. The summed E-state index contributed by atoms with van der Waals surface area (Å²) in [4.78, 5) is 13.9. The van der Waals surface area contributed by atoms with Gasteiger partial charge in [0.05, 0.1) is 5.56 Å². The summed E-state index contributed by atoms with van der Waals surface area (Å²) in [6.45, 7) is 9.57. The molecule has 0 unspecified atom stereocenters. The number of aromatic nitrogens is 3. The second-order valence-electron chi connectivity index (χ2n) is 6.62. The van der Waals surface area contributed by atoms with E-state index in [-0.39, 0.29) is 0 Å². The average Bonchev–Trinajstić information content (AvgIpc) is 3.18. The monoisotopic (exact) mass is 349 g/mol. The first-order chi connectivity index (χ1) is 12.7. The molecule has 0 bridgehead atoms. The maximum Gasteiger partial charge on any atom is 0.259 e. The zero-order valence-corrected chi connectivity index (χ0v) is 15.2. The van der Waals surface area contributed by atoms with E-state index in [1.807, 2.05) is 49.5 Å². The highest BCUT2D eigenvalue weighted by atomic mass is 16.5. The van der Waals surface area contributed by atoms with E-state index in [0.29, 0.717) is 11.7 Å². The van der Waals surface area contributed by atoms with Crippen molar-refractivity contribution in [1.82, 2.24) is 20.0 Å². The molecule has 0 N–H and O–H groups in total. The SMILES string of the molecule is CCN1CCN(c2ccc(-c3nc(-c4cccc(C)c4)no3)cn2)CC1. The number of nitrogens with zero attached hydrogens (tertiary/aromatic N) is 5. The highest BCUT2D eigenvalue weighted by Crippen LogP contribution is 2.24. The molecule has 3 aromatic rings. The molecule has 3 heterocycles. The van der Waals surface area contributed by atoms with Gasteiger partial charge >= 0.3 is 0 Å². The first kappa shape index (κ1) is 16.7. The summed E-state index contributed by atoms with van der Waals surface area (Å²) in [7, 11) is 0. The van der Waals surface area contributed by atoms with Crippen molar-refractivity contribution in [3.63, 3.8) is 0 Å². The zero-order chi connectivity index (χ0) is 17.9. The predicted molar refractivity (Wildman–Crippen MR) is 102 cm³/mol. The molecule has 0 aliphatic carbocycles. The van der Waals surface area contributed by atoms with Crippen LogP contribution in [0, 0.1) is 6.92 Å². The molecule has 0 amide bonds. The third kappa shape index (κ3) is 3.46. The summed E-state index contributed by atoms with van der Waals surface area (Å²) in [5.74, 6) is 2.10. The number of piperazine rings is 1. The van der Waals surface area contributed by atoms with Crippen LogP contribution in [0.4, 0.5) is 5.82 Å². The number of aryl methyl sites for hydroxylation is 1. The largest absolute Gasteiger partial charge is 0.354 e. The van der Waals surface area contributed by atoms with Gasteiger partial charge in [0.25, 0.3) is 5.89 Å². The van der Waals surface area contributed by atoms with E-state index < -0.39 is 0 Å². The second kappa shape index (κ2) is 7.25. The van der Waals surface area contributed by atoms with Gasteiger partial charge in [-0.25, -0.2) is 4.98 Å². The molecule has 6 nitrogen and oxygen atoms in total. The number of anilines is 1. The number of pyridine rings is 1. The summed E-state index contributed by atoms with van der Waals surface area (Å²) < 4.78 is 5.44. The lowest BCUT2D eigenvalue weighted by molar-refractivity contribution is 0.270. The fraction of sp³-hybridized carbons (Fsp3) is 0.350. The van der Waals surface area contributed by atoms with Gasteiger partial charge in [-0.05, 0) is 31.7 Å². The number of benzene rings is 1. The fourth-order valence-corrected chi connectivity index (χ4v) is 3.23. The van der Waals surface area contributed by atoms with Crippen LogP contribution in [0.3, 0.4) is 0 Å². The normalized spacial score (nSPS) is 15.4. The molecule has 4 rings (SSSR count). The van der Waals surface area contributed by atoms with Crippen molar-refractivity contribution >= 4 is 5.82 Å². The molecular weight excluding hydrogens is 326 g/mol. The molecule has 26 heavy (non-hydrogen) atoms. The van der Waals surface area contributed by atoms with Crippen molar-refractivity contribution in [2.75, 3.05) is 37.6 Å². The van der Waals surface area contributed by atoms with Gasteiger partial charge in [-0.1, -0.05) is 35.8 Å². The molecular formula is C20H23N5O. The van der Waals surface area contributed by atoms with Gasteiger partial charge in [0.15, 0.2) is 0 Å². The van der Waals surface area contributed by atoms with Gasteiger partial charge in [0.2, 0.25) is 5.82 Å². The third-order valence-electron chi connectivity index (χ3n) is 4.84. The van der Waals surface area contributed by atoms with Gasteiger partial charge in [0, 0.05) is 37.9 Å². The molecule has 1 aliphatic rings. The van der Waals surface area contributed by atoms with Crippen molar-refractivity contribution in [2.45, 2.75) is 13.8 Å². The lowest BCUT2D eigenvalue weighted by Gasteiger charge is -2.34. The quantitative estimate of drug-likeness (QED) is 0.721. The van der Waals surface area contributed by atoms with Gasteiger partial charge in [-0.3, -0.25) is 0 Å². The Bertz CT molecular complexity index is 866. The van der Waals surface area contributed by atoms with Gasteiger partial charge in [-0.15, -0.1) is 0 Å². The first-order valence-electron chi connectivity index (χ1n) is 9.07. The predicted octanol–water partition coefficient (Wildman–Crippen LogP) is 3.25. The molecule has 1 aliphatic heterocycles. The molecule has 0 atom stereocenters. The van der Waals surface area contributed by atoms with E-state index in [4.69, 9.17) is 4.52 Å². The molecule has 0 radical (unpaired) electrons. The minimum atomic E-state index is 0.497. The Morgan fingerprint density at radius 2 is 1.88 bits per heavy atom. The van der Waals surface area contributed by atoms with Crippen LogP contribution in [0.1, 0.15) is 12.5 Å². The lowest BCUT2D eigenvalue weighted by atomic mass is 10.1.